The van der Waals surface area contributed by atoms with Gasteiger partial charge < -0.3 is 5.73 Å². The van der Waals surface area contributed by atoms with E-state index in [0.29, 0.717) is 0 Å². The highest BCUT2D eigenvalue weighted by molar-refractivity contribution is 5.64. The van der Waals surface area contributed by atoms with E-state index in [1.54, 1.807) is 18.5 Å². The molecule has 0 aliphatic carbocycles. The minimum Gasteiger partial charge on any atom is -0.405 e. The largest absolute Gasteiger partial charge is 0.405 e. The molecular formula is C12H11N3. The van der Waals surface area contributed by atoms with Crippen LogP contribution in [0.2, 0.25) is 0 Å². The van der Waals surface area contributed by atoms with Crippen molar-refractivity contribution in [3.05, 3.63) is 54.7 Å². The molecule has 74 valence electrons. The zero-order valence-electron chi connectivity index (χ0n) is 8.17. The Morgan fingerprint density at radius 3 is 2.80 bits per heavy atom. The number of hydrogen-bond donors (Lipinski definition) is 1. The van der Waals surface area contributed by atoms with Crippen LogP contribution in [0.25, 0.3) is 17.2 Å². The Bertz CT molecular complexity index is 463. The molecule has 15 heavy (non-hydrogen) atoms. The number of rotatable bonds is 2. The lowest BCUT2D eigenvalue weighted by Crippen LogP contribution is -1.85. The average molecular weight is 197 g/mol. The molecule has 0 fully saturated rings. The summed E-state index contributed by atoms with van der Waals surface area (Å²) in [5.74, 6) is 0. The molecule has 0 aliphatic heterocycles. The van der Waals surface area contributed by atoms with Gasteiger partial charge in [0.05, 0.1) is 5.69 Å². The van der Waals surface area contributed by atoms with Crippen LogP contribution < -0.4 is 5.73 Å². The van der Waals surface area contributed by atoms with E-state index in [4.69, 9.17) is 5.73 Å². The molecule has 0 radical (unpaired) electrons. The van der Waals surface area contributed by atoms with Crippen LogP contribution in [0.5, 0.6) is 0 Å². The summed E-state index contributed by atoms with van der Waals surface area (Å²) < 4.78 is 0. The third-order valence-electron chi connectivity index (χ3n) is 2.04. The van der Waals surface area contributed by atoms with Gasteiger partial charge in [0.1, 0.15) is 0 Å². The number of pyridine rings is 2. The molecule has 0 saturated carbocycles. The molecule has 0 spiro atoms. The molecule has 0 amide bonds. The van der Waals surface area contributed by atoms with Crippen molar-refractivity contribution >= 4 is 6.08 Å². The first kappa shape index (κ1) is 9.40. The SMILES string of the molecule is NC=Cc1cc(-c2cccnc2)ccn1. The summed E-state index contributed by atoms with van der Waals surface area (Å²) in [6, 6.07) is 7.84. The van der Waals surface area contributed by atoms with E-state index < -0.39 is 0 Å². The minimum absolute atomic E-state index is 0.846. The van der Waals surface area contributed by atoms with Gasteiger partial charge >= 0.3 is 0 Å². The van der Waals surface area contributed by atoms with E-state index >= 15 is 0 Å². The first-order valence-corrected chi connectivity index (χ1v) is 4.65. The number of nitrogens with zero attached hydrogens (tertiary/aromatic N) is 2. The molecule has 0 saturated heterocycles. The summed E-state index contributed by atoms with van der Waals surface area (Å²) in [4.78, 5) is 8.24. The van der Waals surface area contributed by atoms with Crippen LogP contribution in [0.4, 0.5) is 0 Å². The fraction of sp³-hybridized carbons (Fsp3) is 0. The van der Waals surface area contributed by atoms with E-state index in [0.717, 1.165) is 16.8 Å². The van der Waals surface area contributed by atoms with Crippen LogP contribution in [0.3, 0.4) is 0 Å². The zero-order valence-corrected chi connectivity index (χ0v) is 8.17. The first-order valence-electron chi connectivity index (χ1n) is 4.65. The summed E-state index contributed by atoms with van der Waals surface area (Å²) in [6.45, 7) is 0. The van der Waals surface area contributed by atoms with Gasteiger partial charge in [-0.15, -0.1) is 0 Å². The second-order valence-electron chi connectivity index (χ2n) is 3.07. The molecule has 2 aromatic rings. The fourth-order valence-electron chi connectivity index (χ4n) is 1.35. The van der Waals surface area contributed by atoms with Crippen LogP contribution in [-0.4, -0.2) is 9.97 Å². The summed E-state index contributed by atoms with van der Waals surface area (Å²) >= 11 is 0. The lowest BCUT2D eigenvalue weighted by atomic mass is 10.1. The van der Waals surface area contributed by atoms with Crippen LogP contribution >= 0.6 is 0 Å². The van der Waals surface area contributed by atoms with Gasteiger partial charge in [-0.2, -0.15) is 0 Å². The van der Waals surface area contributed by atoms with Gasteiger partial charge in [-0.05, 0) is 36.0 Å². The molecule has 3 nitrogen and oxygen atoms in total. The molecular weight excluding hydrogens is 186 g/mol. The number of hydrogen-bond acceptors (Lipinski definition) is 3. The Morgan fingerprint density at radius 1 is 1.13 bits per heavy atom. The summed E-state index contributed by atoms with van der Waals surface area (Å²) in [7, 11) is 0. The highest BCUT2D eigenvalue weighted by atomic mass is 14.7. The molecule has 2 rings (SSSR count). The van der Waals surface area contributed by atoms with Crippen molar-refractivity contribution in [2.24, 2.45) is 5.73 Å². The maximum atomic E-state index is 5.32. The number of aromatic nitrogens is 2. The second kappa shape index (κ2) is 4.37. The molecule has 2 aromatic heterocycles. The molecule has 0 aromatic carbocycles. The van der Waals surface area contributed by atoms with Crippen molar-refractivity contribution < 1.29 is 0 Å². The second-order valence-corrected chi connectivity index (χ2v) is 3.07. The fourth-order valence-corrected chi connectivity index (χ4v) is 1.35. The standard InChI is InChI=1S/C12H11N3/c13-5-3-12-8-10(4-7-15-12)11-2-1-6-14-9-11/h1-9H,13H2. The highest BCUT2D eigenvalue weighted by Crippen LogP contribution is 2.18. The summed E-state index contributed by atoms with van der Waals surface area (Å²) in [5.41, 5.74) is 8.33. The molecule has 3 heteroatoms. The van der Waals surface area contributed by atoms with E-state index in [9.17, 15) is 0 Å². The molecule has 2 heterocycles. The van der Waals surface area contributed by atoms with Gasteiger partial charge in [-0.3, -0.25) is 9.97 Å². The predicted molar refractivity (Wildman–Crippen MR) is 60.7 cm³/mol. The van der Waals surface area contributed by atoms with Gasteiger partial charge in [-0.1, -0.05) is 6.07 Å². The monoisotopic (exact) mass is 197 g/mol. The quantitative estimate of drug-likeness (QED) is 0.801. The van der Waals surface area contributed by atoms with Crippen molar-refractivity contribution in [2.45, 2.75) is 0 Å². The smallest absolute Gasteiger partial charge is 0.0650 e. The van der Waals surface area contributed by atoms with Crippen LogP contribution in [0, 0.1) is 0 Å². The van der Waals surface area contributed by atoms with Crippen molar-refractivity contribution in [1.29, 1.82) is 0 Å². The zero-order chi connectivity index (χ0) is 10.5. The van der Waals surface area contributed by atoms with E-state index in [-0.39, 0.29) is 0 Å². The molecule has 0 unspecified atom stereocenters. The Kier molecular flexibility index (Phi) is 2.74. The van der Waals surface area contributed by atoms with Crippen LogP contribution in [0.1, 0.15) is 5.69 Å². The lowest BCUT2D eigenvalue weighted by molar-refractivity contribution is 1.28. The van der Waals surface area contributed by atoms with Crippen LogP contribution in [-0.2, 0) is 0 Å². The van der Waals surface area contributed by atoms with E-state index in [1.165, 1.54) is 6.20 Å². The van der Waals surface area contributed by atoms with Gasteiger partial charge in [0.15, 0.2) is 0 Å². The van der Waals surface area contributed by atoms with Gasteiger partial charge in [0.2, 0.25) is 0 Å². The topological polar surface area (TPSA) is 51.8 Å². The van der Waals surface area contributed by atoms with E-state index in [2.05, 4.69) is 9.97 Å². The van der Waals surface area contributed by atoms with Crippen molar-refractivity contribution in [1.82, 2.24) is 9.97 Å². The Labute approximate surface area is 88.3 Å². The summed E-state index contributed by atoms with van der Waals surface area (Å²) in [5, 5.41) is 0. The van der Waals surface area contributed by atoms with E-state index in [1.807, 2.05) is 30.5 Å². The average Bonchev–Trinajstić information content (AvgIpc) is 2.31. The third kappa shape index (κ3) is 2.20. The Hall–Kier alpha value is -2.16. The molecule has 2 N–H and O–H groups in total. The number of nitrogens with two attached hydrogens (primary N) is 1. The van der Waals surface area contributed by atoms with Gasteiger partial charge in [0, 0.05) is 24.2 Å². The summed E-state index contributed by atoms with van der Waals surface area (Å²) in [6.07, 6.45) is 8.59. The van der Waals surface area contributed by atoms with Crippen molar-refractivity contribution in [2.75, 3.05) is 0 Å². The molecule has 0 bridgehead atoms. The maximum Gasteiger partial charge on any atom is 0.0650 e. The minimum atomic E-state index is 0.846. The Balaban J connectivity index is 2.41. The van der Waals surface area contributed by atoms with Crippen molar-refractivity contribution in [3.8, 4) is 11.1 Å². The maximum absolute atomic E-state index is 5.32. The Morgan fingerprint density at radius 2 is 2.07 bits per heavy atom. The van der Waals surface area contributed by atoms with Gasteiger partial charge in [0.25, 0.3) is 0 Å². The van der Waals surface area contributed by atoms with Crippen LogP contribution in [0.15, 0.2) is 49.1 Å². The van der Waals surface area contributed by atoms with Gasteiger partial charge in [-0.25, -0.2) is 0 Å². The normalized spacial score (nSPS) is 10.7. The molecule has 0 aliphatic rings. The van der Waals surface area contributed by atoms with Crippen molar-refractivity contribution in [3.63, 3.8) is 0 Å². The first-order chi connectivity index (χ1) is 7.40. The third-order valence-corrected chi connectivity index (χ3v) is 2.04. The highest BCUT2D eigenvalue weighted by Gasteiger charge is 1.97. The lowest BCUT2D eigenvalue weighted by Gasteiger charge is -2.00. The predicted octanol–water partition coefficient (Wildman–Crippen LogP) is 2.07. The molecule has 0 atom stereocenters.